The highest BCUT2D eigenvalue weighted by atomic mass is 35.5. The quantitative estimate of drug-likeness (QED) is 0.697. The summed E-state index contributed by atoms with van der Waals surface area (Å²) in [6.45, 7) is 0.892. The van der Waals surface area contributed by atoms with Crippen LogP contribution in [0, 0.1) is 0 Å². The van der Waals surface area contributed by atoms with Gasteiger partial charge >= 0.3 is 0 Å². The Morgan fingerprint density at radius 1 is 1.54 bits per heavy atom. The maximum atomic E-state index is 8.72. The van der Waals surface area contributed by atoms with Gasteiger partial charge in [0.25, 0.3) is 0 Å². The smallest absolute Gasteiger partial charge is 0.158 e. The van der Waals surface area contributed by atoms with Crippen LogP contribution in [0.4, 0.5) is 0 Å². The predicted molar refractivity (Wildman–Crippen MR) is 50.9 cm³/mol. The minimum absolute atomic E-state index is 0.0743. The fraction of sp³-hybridized carbons (Fsp3) is 1.00. The van der Waals surface area contributed by atoms with E-state index in [2.05, 4.69) is 0 Å². The van der Waals surface area contributed by atoms with E-state index in [1.165, 1.54) is 0 Å². The second-order valence-corrected chi connectivity index (χ2v) is 3.53. The van der Waals surface area contributed by atoms with Crippen LogP contribution in [0.15, 0.2) is 0 Å². The summed E-state index contributed by atoms with van der Waals surface area (Å²) in [6.07, 6.45) is 3.62. The molecule has 0 aromatic heterocycles. The molecule has 0 spiro atoms. The topological polar surface area (TPSA) is 38.7 Å². The molecule has 1 fully saturated rings. The number of hydrogen-bond donors (Lipinski definition) is 1. The Balaban J connectivity index is 2.18. The van der Waals surface area contributed by atoms with E-state index < -0.39 is 0 Å². The Morgan fingerprint density at radius 3 is 2.92 bits per heavy atom. The number of hydrogen-bond acceptors (Lipinski definition) is 3. The molecular weight excluding hydrogens is 192 g/mol. The van der Waals surface area contributed by atoms with Crippen LogP contribution in [0.1, 0.15) is 25.7 Å². The SMILES string of the molecule is OCC[C@@H](CCl)OC1CCCCO1. The van der Waals surface area contributed by atoms with Gasteiger partial charge in [-0.15, -0.1) is 11.6 Å². The zero-order valence-corrected chi connectivity index (χ0v) is 8.50. The van der Waals surface area contributed by atoms with Gasteiger partial charge < -0.3 is 14.6 Å². The molecule has 0 aromatic carbocycles. The first-order valence-electron chi connectivity index (χ1n) is 4.80. The Hall–Kier alpha value is 0.170. The molecule has 1 rings (SSSR count). The van der Waals surface area contributed by atoms with Crippen molar-refractivity contribution in [3.63, 3.8) is 0 Å². The van der Waals surface area contributed by atoms with Crippen molar-refractivity contribution in [3.8, 4) is 0 Å². The van der Waals surface area contributed by atoms with Crippen molar-refractivity contribution < 1.29 is 14.6 Å². The maximum Gasteiger partial charge on any atom is 0.158 e. The molecule has 4 heteroatoms. The van der Waals surface area contributed by atoms with Gasteiger partial charge in [0.05, 0.1) is 6.10 Å². The molecule has 0 saturated carbocycles. The lowest BCUT2D eigenvalue weighted by molar-refractivity contribution is -0.185. The molecule has 0 radical (unpaired) electrons. The number of ether oxygens (including phenoxy) is 2. The third-order valence-corrected chi connectivity index (χ3v) is 2.45. The second-order valence-electron chi connectivity index (χ2n) is 3.22. The number of alkyl halides is 1. The molecular formula is C9H17ClO3. The molecule has 0 aromatic rings. The number of aliphatic hydroxyl groups is 1. The summed E-state index contributed by atoms with van der Waals surface area (Å²) in [5.41, 5.74) is 0. The Bertz CT molecular complexity index is 123. The number of halogens is 1. The van der Waals surface area contributed by atoms with Gasteiger partial charge in [-0.1, -0.05) is 0 Å². The Morgan fingerprint density at radius 2 is 2.38 bits per heavy atom. The average molecular weight is 209 g/mol. The zero-order chi connectivity index (χ0) is 9.52. The van der Waals surface area contributed by atoms with Crippen molar-refractivity contribution in [2.75, 3.05) is 19.1 Å². The van der Waals surface area contributed by atoms with E-state index in [4.69, 9.17) is 26.2 Å². The van der Waals surface area contributed by atoms with Crippen LogP contribution in [0.5, 0.6) is 0 Å². The minimum atomic E-state index is -0.107. The normalized spacial score (nSPS) is 25.8. The monoisotopic (exact) mass is 208 g/mol. The fourth-order valence-electron chi connectivity index (χ4n) is 1.36. The Labute approximate surface area is 84.0 Å². The van der Waals surface area contributed by atoms with Crippen LogP contribution >= 0.6 is 11.6 Å². The van der Waals surface area contributed by atoms with Gasteiger partial charge in [-0.2, -0.15) is 0 Å². The molecule has 2 atom stereocenters. The lowest BCUT2D eigenvalue weighted by Crippen LogP contribution is -2.29. The first kappa shape index (κ1) is 11.2. The van der Waals surface area contributed by atoms with Crippen LogP contribution < -0.4 is 0 Å². The summed E-state index contributed by atoms with van der Waals surface area (Å²) < 4.78 is 11.0. The molecule has 1 N–H and O–H groups in total. The minimum Gasteiger partial charge on any atom is -0.396 e. The van der Waals surface area contributed by atoms with E-state index in [1.807, 2.05) is 0 Å². The Kier molecular flexibility index (Phi) is 5.71. The highest BCUT2D eigenvalue weighted by molar-refractivity contribution is 6.18. The van der Waals surface area contributed by atoms with Gasteiger partial charge in [0.2, 0.25) is 0 Å². The summed E-state index contributed by atoms with van der Waals surface area (Å²) in [5.74, 6) is 0.417. The molecule has 0 aliphatic carbocycles. The third-order valence-electron chi connectivity index (χ3n) is 2.11. The van der Waals surface area contributed by atoms with E-state index in [1.54, 1.807) is 0 Å². The molecule has 13 heavy (non-hydrogen) atoms. The van der Waals surface area contributed by atoms with Gasteiger partial charge in [0.15, 0.2) is 6.29 Å². The van der Waals surface area contributed by atoms with Gasteiger partial charge in [0.1, 0.15) is 0 Å². The molecule has 0 amide bonds. The largest absolute Gasteiger partial charge is 0.396 e. The molecule has 1 aliphatic rings. The lowest BCUT2D eigenvalue weighted by atomic mass is 10.2. The first-order chi connectivity index (χ1) is 6.36. The molecule has 1 aliphatic heterocycles. The van der Waals surface area contributed by atoms with Crippen molar-refractivity contribution in [1.82, 2.24) is 0 Å². The van der Waals surface area contributed by atoms with Gasteiger partial charge in [0, 0.05) is 19.1 Å². The standard InChI is InChI=1S/C9H17ClO3/c10-7-8(4-5-11)13-9-3-1-2-6-12-9/h8-9,11H,1-7H2/t8-,9?/m0/s1. The maximum absolute atomic E-state index is 8.72. The molecule has 1 saturated heterocycles. The predicted octanol–water partition coefficient (Wildman–Crippen LogP) is 1.52. The van der Waals surface area contributed by atoms with Crippen molar-refractivity contribution in [2.45, 2.75) is 38.1 Å². The van der Waals surface area contributed by atoms with E-state index in [0.29, 0.717) is 12.3 Å². The van der Waals surface area contributed by atoms with Crippen LogP contribution in [-0.4, -0.2) is 36.6 Å². The highest BCUT2D eigenvalue weighted by Crippen LogP contribution is 2.16. The van der Waals surface area contributed by atoms with E-state index in [0.717, 1.165) is 25.9 Å². The lowest BCUT2D eigenvalue weighted by Gasteiger charge is -2.26. The molecule has 1 heterocycles. The van der Waals surface area contributed by atoms with Crippen LogP contribution in [0.3, 0.4) is 0 Å². The molecule has 78 valence electrons. The summed E-state index contributed by atoms with van der Waals surface area (Å²) in [5, 5.41) is 8.72. The van der Waals surface area contributed by atoms with Gasteiger partial charge in [-0.05, 0) is 25.7 Å². The summed E-state index contributed by atoms with van der Waals surface area (Å²) in [6, 6.07) is 0. The fourth-order valence-corrected chi connectivity index (χ4v) is 1.59. The van der Waals surface area contributed by atoms with Crippen molar-refractivity contribution in [3.05, 3.63) is 0 Å². The van der Waals surface area contributed by atoms with E-state index in [-0.39, 0.29) is 19.0 Å². The van der Waals surface area contributed by atoms with Crippen molar-refractivity contribution in [2.24, 2.45) is 0 Å². The number of aliphatic hydroxyl groups excluding tert-OH is 1. The van der Waals surface area contributed by atoms with E-state index in [9.17, 15) is 0 Å². The van der Waals surface area contributed by atoms with Crippen molar-refractivity contribution >= 4 is 11.6 Å². The molecule has 0 bridgehead atoms. The van der Waals surface area contributed by atoms with Crippen molar-refractivity contribution in [1.29, 1.82) is 0 Å². The third kappa shape index (κ3) is 4.27. The van der Waals surface area contributed by atoms with Crippen LogP contribution in [-0.2, 0) is 9.47 Å². The van der Waals surface area contributed by atoms with Crippen LogP contribution in [0.2, 0.25) is 0 Å². The number of rotatable bonds is 5. The van der Waals surface area contributed by atoms with Gasteiger partial charge in [-0.3, -0.25) is 0 Å². The molecule has 3 nitrogen and oxygen atoms in total. The summed E-state index contributed by atoms with van der Waals surface area (Å²) in [7, 11) is 0. The second kappa shape index (κ2) is 6.60. The molecule has 1 unspecified atom stereocenters. The summed E-state index contributed by atoms with van der Waals surface area (Å²) in [4.78, 5) is 0. The first-order valence-corrected chi connectivity index (χ1v) is 5.34. The van der Waals surface area contributed by atoms with Crippen LogP contribution in [0.25, 0.3) is 0 Å². The summed E-state index contributed by atoms with van der Waals surface area (Å²) >= 11 is 5.67. The zero-order valence-electron chi connectivity index (χ0n) is 7.75. The average Bonchev–Trinajstić information content (AvgIpc) is 2.19. The van der Waals surface area contributed by atoms with E-state index >= 15 is 0 Å². The van der Waals surface area contributed by atoms with Gasteiger partial charge in [-0.25, -0.2) is 0 Å². The highest BCUT2D eigenvalue weighted by Gasteiger charge is 2.18.